The van der Waals surface area contributed by atoms with Crippen molar-refractivity contribution in [3.8, 4) is 0 Å². The van der Waals surface area contributed by atoms with Gasteiger partial charge in [0.25, 0.3) is 0 Å². The molecule has 5 heteroatoms. The predicted octanol–water partition coefficient (Wildman–Crippen LogP) is 2.35. The van der Waals surface area contributed by atoms with Crippen molar-refractivity contribution in [2.45, 2.75) is 33.1 Å². The number of anilines is 1. The summed E-state index contributed by atoms with van der Waals surface area (Å²) in [6, 6.07) is 7.32. The van der Waals surface area contributed by atoms with Gasteiger partial charge in [-0.1, -0.05) is 37.6 Å². The molecule has 1 amide bonds. The van der Waals surface area contributed by atoms with E-state index in [1.165, 1.54) is 0 Å². The molecule has 0 radical (unpaired) electrons. The molecule has 5 nitrogen and oxygen atoms in total. The van der Waals surface area contributed by atoms with Gasteiger partial charge < -0.3 is 16.3 Å². The highest BCUT2D eigenvalue weighted by Crippen LogP contribution is 2.13. The van der Waals surface area contributed by atoms with E-state index in [0.717, 1.165) is 17.7 Å². The number of amidine groups is 1. The molecule has 0 fully saturated rings. The molecule has 104 valence electrons. The van der Waals surface area contributed by atoms with E-state index < -0.39 is 0 Å². The molecule has 19 heavy (non-hydrogen) atoms. The maximum absolute atomic E-state index is 11.7. The normalized spacial score (nSPS) is 13.1. The summed E-state index contributed by atoms with van der Waals surface area (Å²) in [5, 5.41) is 14.3. The highest BCUT2D eigenvalue weighted by atomic mass is 16.4. The van der Waals surface area contributed by atoms with Crippen molar-refractivity contribution in [1.82, 2.24) is 0 Å². The summed E-state index contributed by atoms with van der Waals surface area (Å²) in [5.41, 5.74) is 7.11. The fourth-order valence-electron chi connectivity index (χ4n) is 1.62. The van der Waals surface area contributed by atoms with Crippen LogP contribution in [-0.2, 0) is 11.2 Å². The molecule has 0 saturated heterocycles. The van der Waals surface area contributed by atoms with E-state index in [1.54, 1.807) is 0 Å². The largest absolute Gasteiger partial charge is 0.409 e. The summed E-state index contributed by atoms with van der Waals surface area (Å²) in [4.78, 5) is 11.7. The van der Waals surface area contributed by atoms with Crippen molar-refractivity contribution in [1.29, 1.82) is 0 Å². The van der Waals surface area contributed by atoms with Gasteiger partial charge in [0.1, 0.15) is 5.84 Å². The summed E-state index contributed by atoms with van der Waals surface area (Å²) in [5.74, 6) is 0.576. The van der Waals surface area contributed by atoms with Gasteiger partial charge in [-0.15, -0.1) is 0 Å². The van der Waals surface area contributed by atoms with Gasteiger partial charge in [-0.2, -0.15) is 0 Å². The van der Waals surface area contributed by atoms with Crippen molar-refractivity contribution in [2.24, 2.45) is 16.8 Å². The summed E-state index contributed by atoms with van der Waals surface area (Å²) in [6.07, 6.45) is 1.91. The Labute approximate surface area is 113 Å². The molecule has 1 aromatic rings. The number of hydrogen-bond acceptors (Lipinski definition) is 3. The Morgan fingerprint density at radius 1 is 1.42 bits per heavy atom. The summed E-state index contributed by atoms with van der Waals surface area (Å²) in [6.45, 7) is 4.12. The first-order chi connectivity index (χ1) is 9.05. The summed E-state index contributed by atoms with van der Waals surface area (Å²) < 4.78 is 0. The fraction of sp³-hybridized carbons (Fsp3) is 0.429. The molecule has 0 aliphatic rings. The van der Waals surface area contributed by atoms with E-state index >= 15 is 0 Å². The van der Waals surface area contributed by atoms with Gasteiger partial charge in [-0.25, -0.2) is 0 Å². The molecule has 1 unspecified atom stereocenters. The first-order valence-corrected chi connectivity index (χ1v) is 6.40. The molecule has 0 heterocycles. The SMILES string of the molecule is CCC(C)CC(=O)Nc1ccc(C/C(N)=N/O)cc1. The first kappa shape index (κ1) is 15.0. The van der Waals surface area contributed by atoms with E-state index in [9.17, 15) is 4.79 Å². The lowest BCUT2D eigenvalue weighted by atomic mass is 10.0. The van der Waals surface area contributed by atoms with Crippen LogP contribution >= 0.6 is 0 Å². The summed E-state index contributed by atoms with van der Waals surface area (Å²) >= 11 is 0. The molecule has 1 atom stereocenters. The number of amides is 1. The van der Waals surface area contributed by atoms with Crippen LogP contribution in [-0.4, -0.2) is 17.0 Å². The molecule has 1 rings (SSSR count). The van der Waals surface area contributed by atoms with Crippen LogP contribution in [0.2, 0.25) is 0 Å². The monoisotopic (exact) mass is 263 g/mol. The fourth-order valence-corrected chi connectivity index (χ4v) is 1.62. The zero-order valence-corrected chi connectivity index (χ0v) is 11.4. The van der Waals surface area contributed by atoms with Crippen LogP contribution in [0.15, 0.2) is 29.4 Å². The number of nitrogens with one attached hydrogen (secondary N) is 1. The number of hydrogen-bond donors (Lipinski definition) is 3. The molecular formula is C14H21N3O2. The minimum absolute atomic E-state index is 0.0264. The van der Waals surface area contributed by atoms with Gasteiger partial charge in [0, 0.05) is 18.5 Å². The van der Waals surface area contributed by atoms with Crippen molar-refractivity contribution < 1.29 is 10.0 Å². The lowest BCUT2D eigenvalue weighted by Crippen LogP contribution is -2.16. The second-order valence-corrected chi connectivity index (χ2v) is 4.73. The van der Waals surface area contributed by atoms with Gasteiger partial charge in [-0.05, 0) is 23.6 Å². The Kier molecular flexibility index (Phi) is 5.85. The molecule has 0 saturated carbocycles. The molecule has 0 spiro atoms. The van der Waals surface area contributed by atoms with Crippen molar-refractivity contribution >= 4 is 17.4 Å². The number of oxime groups is 1. The number of nitrogens with two attached hydrogens (primary N) is 1. The molecule has 0 aliphatic heterocycles. The van der Waals surface area contributed by atoms with E-state index in [1.807, 2.05) is 24.3 Å². The zero-order chi connectivity index (χ0) is 14.3. The molecule has 0 aliphatic carbocycles. The van der Waals surface area contributed by atoms with Crippen molar-refractivity contribution in [2.75, 3.05) is 5.32 Å². The Morgan fingerprint density at radius 2 is 2.05 bits per heavy atom. The Balaban J connectivity index is 2.55. The van der Waals surface area contributed by atoms with Crippen LogP contribution in [0.25, 0.3) is 0 Å². The highest BCUT2D eigenvalue weighted by Gasteiger charge is 2.07. The third-order valence-electron chi connectivity index (χ3n) is 2.98. The quantitative estimate of drug-likeness (QED) is 0.318. The van der Waals surface area contributed by atoms with E-state index in [2.05, 4.69) is 24.3 Å². The number of carbonyl (C=O) groups is 1. The van der Waals surface area contributed by atoms with Crippen LogP contribution in [0.1, 0.15) is 32.3 Å². The third kappa shape index (κ3) is 5.42. The van der Waals surface area contributed by atoms with Crippen LogP contribution in [0.4, 0.5) is 5.69 Å². The molecule has 0 aromatic heterocycles. The van der Waals surface area contributed by atoms with Gasteiger partial charge >= 0.3 is 0 Å². The number of rotatable bonds is 6. The molecule has 4 N–H and O–H groups in total. The van der Waals surface area contributed by atoms with Crippen molar-refractivity contribution in [3.05, 3.63) is 29.8 Å². The minimum atomic E-state index is 0.0264. The average molecular weight is 263 g/mol. The average Bonchev–Trinajstić information content (AvgIpc) is 2.40. The van der Waals surface area contributed by atoms with Gasteiger partial charge in [0.15, 0.2) is 0 Å². The van der Waals surface area contributed by atoms with E-state index in [-0.39, 0.29) is 11.7 Å². The van der Waals surface area contributed by atoms with Gasteiger partial charge in [0.2, 0.25) is 5.91 Å². The topological polar surface area (TPSA) is 87.7 Å². The maximum Gasteiger partial charge on any atom is 0.224 e. The number of benzene rings is 1. The molecule has 0 bridgehead atoms. The Morgan fingerprint density at radius 3 is 2.58 bits per heavy atom. The standard InChI is InChI=1S/C14H21N3O2/c1-3-10(2)8-14(18)16-12-6-4-11(5-7-12)9-13(15)17-19/h4-7,10,19H,3,8-9H2,1-2H3,(H2,15,17)(H,16,18). The Hall–Kier alpha value is -2.04. The van der Waals surface area contributed by atoms with E-state index in [4.69, 9.17) is 10.9 Å². The summed E-state index contributed by atoms with van der Waals surface area (Å²) in [7, 11) is 0. The minimum Gasteiger partial charge on any atom is -0.409 e. The first-order valence-electron chi connectivity index (χ1n) is 6.40. The Bertz CT molecular complexity index is 441. The van der Waals surface area contributed by atoms with E-state index in [0.29, 0.717) is 18.8 Å². The molecule has 1 aromatic carbocycles. The van der Waals surface area contributed by atoms with Crippen LogP contribution in [0.3, 0.4) is 0 Å². The lowest BCUT2D eigenvalue weighted by Gasteiger charge is -2.09. The second kappa shape index (κ2) is 7.41. The maximum atomic E-state index is 11.7. The lowest BCUT2D eigenvalue weighted by molar-refractivity contribution is -0.117. The van der Waals surface area contributed by atoms with Crippen molar-refractivity contribution in [3.63, 3.8) is 0 Å². The second-order valence-electron chi connectivity index (χ2n) is 4.73. The third-order valence-corrected chi connectivity index (χ3v) is 2.98. The van der Waals surface area contributed by atoms with Gasteiger partial charge in [0.05, 0.1) is 0 Å². The molecular weight excluding hydrogens is 242 g/mol. The van der Waals surface area contributed by atoms with Crippen LogP contribution in [0.5, 0.6) is 0 Å². The number of carbonyl (C=O) groups excluding carboxylic acids is 1. The van der Waals surface area contributed by atoms with Crippen LogP contribution in [0, 0.1) is 5.92 Å². The highest BCUT2D eigenvalue weighted by molar-refractivity contribution is 5.91. The zero-order valence-electron chi connectivity index (χ0n) is 11.4. The predicted molar refractivity (Wildman–Crippen MR) is 76.3 cm³/mol. The smallest absolute Gasteiger partial charge is 0.224 e. The van der Waals surface area contributed by atoms with Crippen LogP contribution < -0.4 is 11.1 Å². The number of nitrogens with zero attached hydrogens (tertiary/aromatic N) is 1. The van der Waals surface area contributed by atoms with Gasteiger partial charge in [-0.3, -0.25) is 4.79 Å².